The quantitative estimate of drug-likeness (QED) is 0.837. The van der Waals surface area contributed by atoms with Crippen LogP contribution in [0.2, 0.25) is 0 Å². The molecule has 1 heterocycles. The molecule has 0 amide bonds. The molecule has 1 N–H and O–H groups in total. The third kappa shape index (κ3) is 1.65. The van der Waals surface area contributed by atoms with E-state index >= 15 is 0 Å². The summed E-state index contributed by atoms with van der Waals surface area (Å²) in [5.74, 6) is -0.865. The first kappa shape index (κ1) is 10.6. The van der Waals surface area contributed by atoms with Gasteiger partial charge in [-0.05, 0) is 26.0 Å². The van der Waals surface area contributed by atoms with Crippen LogP contribution in [0.5, 0.6) is 0 Å². The van der Waals surface area contributed by atoms with Crippen LogP contribution in [0.1, 0.15) is 19.5 Å². The molecule has 0 saturated heterocycles. The Morgan fingerprint density at radius 2 is 1.88 bits per heavy atom. The van der Waals surface area contributed by atoms with Gasteiger partial charge in [0.2, 0.25) is 0 Å². The van der Waals surface area contributed by atoms with Crippen molar-refractivity contribution in [2.75, 3.05) is 0 Å². The van der Waals surface area contributed by atoms with Crippen molar-refractivity contribution in [2.45, 2.75) is 19.3 Å². The summed E-state index contributed by atoms with van der Waals surface area (Å²) in [5, 5.41) is 10.1. The van der Waals surface area contributed by atoms with Crippen molar-refractivity contribution in [1.29, 1.82) is 0 Å². The summed E-state index contributed by atoms with van der Waals surface area (Å²) >= 11 is 0. The van der Waals surface area contributed by atoms with Crippen LogP contribution in [-0.2, 0) is 10.2 Å². The number of aromatic nitrogens is 1. The Labute approximate surface area is 93.7 Å². The number of carbonyl (C=O) groups is 1. The van der Waals surface area contributed by atoms with Crippen LogP contribution >= 0.6 is 0 Å². The van der Waals surface area contributed by atoms with Crippen LogP contribution in [0.4, 0.5) is 0 Å². The zero-order chi connectivity index (χ0) is 11.8. The monoisotopic (exact) mass is 215 g/mol. The van der Waals surface area contributed by atoms with Gasteiger partial charge in [0.05, 0.1) is 11.2 Å². The Balaban J connectivity index is 2.59. The highest BCUT2D eigenvalue weighted by atomic mass is 16.4. The topological polar surface area (TPSA) is 50.2 Å². The molecule has 16 heavy (non-hydrogen) atoms. The van der Waals surface area contributed by atoms with E-state index in [1.165, 1.54) is 0 Å². The number of rotatable bonds is 2. The van der Waals surface area contributed by atoms with E-state index < -0.39 is 11.4 Å². The molecule has 3 heteroatoms. The van der Waals surface area contributed by atoms with E-state index in [0.717, 1.165) is 10.9 Å². The number of aliphatic carboxylic acids is 1. The number of fused-ring (bicyclic) bond motifs is 1. The molecule has 0 spiro atoms. The van der Waals surface area contributed by atoms with E-state index in [2.05, 4.69) is 4.98 Å². The standard InChI is InChI=1S/C13H13NO2/c1-13(2,12(15)16)11-8-7-9-5-3-4-6-10(9)14-11/h3-8H,1-2H3,(H,15,16). The average molecular weight is 215 g/mol. The Morgan fingerprint density at radius 3 is 2.56 bits per heavy atom. The van der Waals surface area contributed by atoms with Crippen molar-refractivity contribution in [1.82, 2.24) is 4.98 Å². The molecule has 0 radical (unpaired) electrons. The van der Waals surface area contributed by atoms with Gasteiger partial charge in [0.15, 0.2) is 0 Å². The molecule has 2 aromatic rings. The van der Waals surface area contributed by atoms with E-state index in [1.807, 2.05) is 30.3 Å². The second-order valence-electron chi connectivity index (χ2n) is 4.32. The molecular formula is C13H13NO2. The molecule has 0 bridgehead atoms. The number of hydrogen-bond acceptors (Lipinski definition) is 2. The van der Waals surface area contributed by atoms with Gasteiger partial charge in [0, 0.05) is 5.39 Å². The second-order valence-corrected chi connectivity index (χ2v) is 4.32. The summed E-state index contributed by atoms with van der Waals surface area (Å²) in [6.45, 7) is 3.32. The fourth-order valence-electron chi connectivity index (χ4n) is 1.52. The highest BCUT2D eigenvalue weighted by molar-refractivity contribution is 5.83. The third-order valence-electron chi connectivity index (χ3n) is 2.77. The lowest BCUT2D eigenvalue weighted by molar-refractivity contribution is -0.142. The summed E-state index contributed by atoms with van der Waals surface area (Å²) in [4.78, 5) is 15.5. The zero-order valence-corrected chi connectivity index (χ0v) is 9.27. The molecule has 0 atom stereocenters. The molecular weight excluding hydrogens is 202 g/mol. The maximum atomic E-state index is 11.1. The van der Waals surface area contributed by atoms with Crippen molar-refractivity contribution in [3.63, 3.8) is 0 Å². The second kappa shape index (κ2) is 3.59. The van der Waals surface area contributed by atoms with Crippen molar-refractivity contribution in [2.24, 2.45) is 0 Å². The first-order valence-corrected chi connectivity index (χ1v) is 5.11. The predicted molar refractivity (Wildman–Crippen MR) is 62.4 cm³/mol. The lowest BCUT2D eigenvalue weighted by Crippen LogP contribution is -2.29. The highest BCUT2D eigenvalue weighted by Crippen LogP contribution is 2.23. The summed E-state index contributed by atoms with van der Waals surface area (Å²) in [5.41, 5.74) is 0.456. The summed E-state index contributed by atoms with van der Waals surface area (Å²) in [6, 6.07) is 11.4. The summed E-state index contributed by atoms with van der Waals surface area (Å²) in [7, 11) is 0. The minimum Gasteiger partial charge on any atom is -0.481 e. The van der Waals surface area contributed by atoms with E-state index in [4.69, 9.17) is 5.11 Å². The van der Waals surface area contributed by atoms with Crippen LogP contribution in [0.25, 0.3) is 10.9 Å². The Kier molecular flexibility index (Phi) is 2.38. The van der Waals surface area contributed by atoms with Gasteiger partial charge >= 0.3 is 5.97 Å². The normalized spacial score (nSPS) is 11.6. The van der Waals surface area contributed by atoms with Crippen LogP contribution in [-0.4, -0.2) is 16.1 Å². The van der Waals surface area contributed by atoms with Crippen LogP contribution in [0.15, 0.2) is 36.4 Å². The van der Waals surface area contributed by atoms with Gasteiger partial charge in [0.25, 0.3) is 0 Å². The number of para-hydroxylation sites is 1. The Bertz CT molecular complexity index is 546. The van der Waals surface area contributed by atoms with E-state index in [9.17, 15) is 4.79 Å². The van der Waals surface area contributed by atoms with Crippen molar-refractivity contribution >= 4 is 16.9 Å². The first-order chi connectivity index (χ1) is 7.51. The van der Waals surface area contributed by atoms with Gasteiger partial charge in [-0.2, -0.15) is 0 Å². The Morgan fingerprint density at radius 1 is 1.19 bits per heavy atom. The maximum absolute atomic E-state index is 11.1. The van der Waals surface area contributed by atoms with E-state index in [1.54, 1.807) is 19.9 Å². The van der Waals surface area contributed by atoms with Crippen molar-refractivity contribution < 1.29 is 9.90 Å². The molecule has 0 aliphatic heterocycles. The fourth-order valence-corrected chi connectivity index (χ4v) is 1.52. The van der Waals surface area contributed by atoms with E-state index in [0.29, 0.717) is 5.69 Å². The number of pyridine rings is 1. The van der Waals surface area contributed by atoms with Crippen LogP contribution in [0.3, 0.4) is 0 Å². The highest BCUT2D eigenvalue weighted by Gasteiger charge is 2.30. The van der Waals surface area contributed by atoms with Crippen LogP contribution in [0, 0.1) is 0 Å². The van der Waals surface area contributed by atoms with Crippen LogP contribution < -0.4 is 0 Å². The zero-order valence-electron chi connectivity index (χ0n) is 9.27. The third-order valence-corrected chi connectivity index (χ3v) is 2.77. The molecule has 82 valence electrons. The van der Waals surface area contributed by atoms with Gasteiger partial charge < -0.3 is 5.11 Å². The fraction of sp³-hybridized carbons (Fsp3) is 0.231. The number of carboxylic acids is 1. The molecule has 0 aliphatic rings. The lowest BCUT2D eigenvalue weighted by Gasteiger charge is -2.18. The average Bonchev–Trinajstić information content (AvgIpc) is 2.28. The maximum Gasteiger partial charge on any atom is 0.315 e. The smallest absolute Gasteiger partial charge is 0.315 e. The summed E-state index contributed by atoms with van der Waals surface area (Å²) in [6.07, 6.45) is 0. The molecule has 2 rings (SSSR count). The Hall–Kier alpha value is -1.90. The molecule has 0 unspecified atom stereocenters. The number of benzene rings is 1. The van der Waals surface area contributed by atoms with Gasteiger partial charge in [-0.25, -0.2) is 0 Å². The molecule has 0 aliphatic carbocycles. The molecule has 0 fully saturated rings. The SMILES string of the molecule is CC(C)(C(=O)O)c1ccc2ccccc2n1. The number of carboxylic acid groups (broad SMARTS) is 1. The van der Waals surface area contributed by atoms with Gasteiger partial charge in [-0.15, -0.1) is 0 Å². The van der Waals surface area contributed by atoms with Crippen molar-refractivity contribution in [3.8, 4) is 0 Å². The lowest BCUT2D eigenvalue weighted by atomic mass is 9.89. The van der Waals surface area contributed by atoms with Crippen molar-refractivity contribution in [3.05, 3.63) is 42.1 Å². The molecule has 0 saturated carbocycles. The van der Waals surface area contributed by atoms with E-state index in [-0.39, 0.29) is 0 Å². The van der Waals surface area contributed by atoms with Gasteiger partial charge in [-0.1, -0.05) is 24.3 Å². The molecule has 1 aromatic carbocycles. The number of nitrogens with zero attached hydrogens (tertiary/aromatic N) is 1. The molecule has 1 aromatic heterocycles. The number of hydrogen-bond donors (Lipinski definition) is 1. The first-order valence-electron chi connectivity index (χ1n) is 5.11. The van der Waals surface area contributed by atoms with Gasteiger partial charge in [-0.3, -0.25) is 9.78 Å². The predicted octanol–water partition coefficient (Wildman–Crippen LogP) is 2.60. The minimum absolute atomic E-state index is 0.582. The minimum atomic E-state index is -0.954. The summed E-state index contributed by atoms with van der Waals surface area (Å²) < 4.78 is 0. The largest absolute Gasteiger partial charge is 0.481 e. The van der Waals surface area contributed by atoms with Gasteiger partial charge in [0.1, 0.15) is 5.41 Å². The molecule has 3 nitrogen and oxygen atoms in total.